The van der Waals surface area contributed by atoms with Gasteiger partial charge >= 0.3 is 8.80 Å². The Labute approximate surface area is 134 Å². The zero-order chi connectivity index (χ0) is 15.7. The van der Waals surface area contributed by atoms with Gasteiger partial charge in [0.2, 0.25) is 0 Å². The Kier molecular flexibility index (Phi) is 8.52. The zero-order valence-electron chi connectivity index (χ0n) is 13.5. The van der Waals surface area contributed by atoms with E-state index < -0.39 is 8.80 Å². The van der Waals surface area contributed by atoms with Gasteiger partial charge in [0.05, 0.1) is 0 Å². The van der Waals surface area contributed by atoms with E-state index >= 15 is 0 Å². The van der Waals surface area contributed by atoms with E-state index in [1.165, 1.54) is 5.56 Å². The molecule has 1 aromatic carbocycles. The fraction of sp³-hybridized carbons (Fsp3) is 0.625. The molecule has 0 aromatic heterocycles. The molecule has 0 saturated heterocycles. The molecule has 5 heteroatoms. The van der Waals surface area contributed by atoms with E-state index in [9.17, 15) is 0 Å². The van der Waals surface area contributed by atoms with Gasteiger partial charge in [-0.05, 0) is 37.8 Å². The molecule has 0 amide bonds. The van der Waals surface area contributed by atoms with Gasteiger partial charge in [-0.1, -0.05) is 31.2 Å². The molecule has 1 rings (SSSR count). The van der Waals surface area contributed by atoms with Crippen molar-refractivity contribution in [2.45, 2.75) is 45.5 Å². The summed E-state index contributed by atoms with van der Waals surface area (Å²) in [6.07, 6.45) is 0. The molecule has 1 aromatic rings. The number of hydrogen-bond donors (Lipinski definition) is 0. The lowest BCUT2D eigenvalue weighted by molar-refractivity contribution is 0.0699. The van der Waals surface area contributed by atoms with E-state index in [0.29, 0.717) is 31.6 Å². The SMILES string of the molecule is CCO[Si](CC(C)c1ccc(CCl)cc1)(OCC)OCC. The van der Waals surface area contributed by atoms with Crippen LogP contribution < -0.4 is 0 Å². The number of halogens is 1. The van der Waals surface area contributed by atoms with Crippen LogP contribution in [0.25, 0.3) is 0 Å². The maximum atomic E-state index is 5.92. The molecule has 0 saturated carbocycles. The van der Waals surface area contributed by atoms with E-state index in [-0.39, 0.29) is 0 Å². The first-order chi connectivity index (χ1) is 10.1. The molecular weight excluding hydrogens is 304 g/mol. The molecule has 120 valence electrons. The predicted octanol–water partition coefficient (Wildman–Crippen LogP) is 4.58. The van der Waals surface area contributed by atoms with Crippen molar-refractivity contribution in [3.05, 3.63) is 35.4 Å². The average molecular weight is 331 g/mol. The van der Waals surface area contributed by atoms with Crippen molar-refractivity contribution in [3.8, 4) is 0 Å². The Hall–Kier alpha value is -0.393. The van der Waals surface area contributed by atoms with E-state index in [2.05, 4.69) is 31.2 Å². The highest BCUT2D eigenvalue weighted by Crippen LogP contribution is 2.29. The van der Waals surface area contributed by atoms with E-state index in [1.807, 2.05) is 20.8 Å². The second-order valence-electron chi connectivity index (χ2n) is 4.96. The number of alkyl halides is 1. The van der Waals surface area contributed by atoms with Gasteiger partial charge in [0.1, 0.15) is 0 Å². The fourth-order valence-electron chi connectivity index (χ4n) is 2.39. The molecule has 0 fully saturated rings. The lowest BCUT2D eigenvalue weighted by atomic mass is 10.0. The second-order valence-corrected chi connectivity index (χ2v) is 7.87. The van der Waals surface area contributed by atoms with Crippen molar-refractivity contribution in [2.24, 2.45) is 0 Å². The lowest BCUT2D eigenvalue weighted by Crippen LogP contribution is -2.46. The van der Waals surface area contributed by atoms with Gasteiger partial charge in [0, 0.05) is 31.7 Å². The van der Waals surface area contributed by atoms with Gasteiger partial charge in [0.15, 0.2) is 0 Å². The van der Waals surface area contributed by atoms with Crippen LogP contribution in [0.1, 0.15) is 44.7 Å². The van der Waals surface area contributed by atoms with Crippen molar-refractivity contribution >= 4 is 20.4 Å². The molecule has 0 heterocycles. The molecule has 1 unspecified atom stereocenters. The summed E-state index contributed by atoms with van der Waals surface area (Å²) in [6, 6.07) is 9.20. The Morgan fingerprint density at radius 1 is 0.952 bits per heavy atom. The minimum atomic E-state index is -2.59. The largest absolute Gasteiger partial charge is 0.501 e. The van der Waals surface area contributed by atoms with E-state index in [1.54, 1.807) is 0 Å². The maximum Gasteiger partial charge on any atom is 0.501 e. The van der Waals surface area contributed by atoms with E-state index in [4.69, 9.17) is 24.9 Å². The van der Waals surface area contributed by atoms with Gasteiger partial charge in [-0.25, -0.2) is 0 Å². The number of rotatable bonds is 10. The Morgan fingerprint density at radius 2 is 1.43 bits per heavy atom. The van der Waals surface area contributed by atoms with Crippen LogP contribution in [0.5, 0.6) is 0 Å². The summed E-state index contributed by atoms with van der Waals surface area (Å²) in [4.78, 5) is 0. The predicted molar refractivity (Wildman–Crippen MR) is 89.9 cm³/mol. The Balaban J connectivity index is 2.83. The van der Waals surface area contributed by atoms with Crippen LogP contribution in [-0.4, -0.2) is 28.6 Å². The number of hydrogen-bond acceptors (Lipinski definition) is 3. The highest BCUT2D eigenvalue weighted by atomic mass is 35.5. The van der Waals surface area contributed by atoms with Crippen LogP contribution in [-0.2, 0) is 19.2 Å². The normalized spacial score (nSPS) is 13.4. The molecule has 0 aliphatic heterocycles. The van der Waals surface area contributed by atoms with Gasteiger partial charge in [-0.2, -0.15) is 0 Å². The third-order valence-electron chi connectivity index (χ3n) is 3.35. The van der Waals surface area contributed by atoms with Gasteiger partial charge in [0.25, 0.3) is 0 Å². The lowest BCUT2D eigenvalue weighted by Gasteiger charge is -2.30. The molecule has 0 radical (unpaired) electrons. The van der Waals surface area contributed by atoms with Crippen molar-refractivity contribution in [1.82, 2.24) is 0 Å². The molecular formula is C16H27ClO3Si. The molecule has 21 heavy (non-hydrogen) atoms. The standard InChI is InChI=1S/C16H27ClO3Si/c1-5-18-21(19-6-2,20-7-3)13-14(4)16-10-8-15(12-17)9-11-16/h8-11,14H,5-7,12-13H2,1-4H3. The summed E-state index contributed by atoms with van der Waals surface area (Å²) >= 11 is 5.84. The maximum absolute atomic E-state index is 5.92. The molecule has 0 spiro atoms. The van der Waals surface area contributed by atoms with Crippen LogP contribution in [0.4, 0.5) is 0 Å². The highest BCUT2D eigenvalue weighted by Gasteiger charge is 2.42. The molecule has 0 aliphatic rings. The summed E-state index contributed by atoms with van der Waals surface area (Å²) in [5.74, 6) is 0.871. The van der Waals surface area contributed by atoms with Crippen LogP contribution in [0.15, 0.2) is 24.3 Å². The summed E-state index contributed by atoms with van der Waals surface area (Å²) < 4.78 is 17.8. The average Bonchev–Trinajstić information content (AvgIpc) is 2.48. The summed E-state index contributed by atoms with van der Waals surface area (Å²) in [6.45, 7) is 9.99. The van der Waals surface area contributed by atoms with Crippen LogP contribution >= 0.6 is 11.6 Å². The molecule has 0 bridgehead atoms. The molecule has 1 atom stereocenters. The minimum Gasteiger partial charge on any atom is -0.374 e. The van der Waals surface area contributed by atoms with Gasteiger partial charge in [-0.3, -0.25) is 0 Å². The van der Waals surface area contributed by atoms with Crippen molar-refractivity contribution in [1.29, 1.82) is 0 Å². The summed E-state index contributed by atoms with van der Waals surface area (Å²) in [7, 11) is -2.59. The summed E-state index contributed by atoms with van der Waals surface area (Å²) in [5, 5.41) is 0. The van der Waals surface area contributed by atoms with Crippen molar-refractivity contribution in [2.75, 3.05) is 19.8 Å². The highest BCUT2D eigenvalue weighted by molar-refractivity contribution is 6.60. The third kappa shape index (κ3) is 5.72. The minimum absolute atomic E-state index is 0.325. The second kappa shape index (κ2) is 9.59. The molecule has 0 N–H and O–H groups in total. The van der Waals surface area contributed by atoms with Gasteiger partial charge < -0.3 is 13.3 Å². The Morgan fingerprint density at radius 3 is 1.81 bits per heavy atom. The molecule has 0 aliphatic carbocycles. The third-order valence-corrected chi connectivity index (χ3v) is 6.96. The first kappa shape index (κ1) is 18.7. The van der Waals surface area contributed by atoms with Crippen LogP contribution in [0.3, 0.4) is 0 Å². The topological polar surface area (TPSA) is 27.7 Å². The zero-order valence-corrected chi connectivity index (χ0v) is 15.3. The fourth-order valence-corrected chi connectivity index (χ4v) is 5.48. The first-order valence-corrected chi connectivity index (χ1v) is 10.1. The smallest absolute Gasteiger partial charge is 0.374 e. The van der Waals surface area contributed by atoms with Crippen molar-refractivity contribution in [3.63, 3.8) is 0 Å². The Bertz CT molecular complexity index is 380. The van der Waals surface area contributed by atoms with Gasteiger partial charge in [-0.15, -0.1) is 11.6 Å². The summed E-state index contributed by atoms with van der Waals surface area (Å²) in [5.41, 5.74) is 2.40. The quantitative estimate of drug-likeness (QED) is 0.464. The molecule has 3 nitrogen and oxygen atoms in total. The van der Waals surface area contributed by atoms with Crippen LogP contribution in [0.2, 0.25) is 6.04 Å². The first-order valence-electron chi connectivity index (χ1n) is 7.67. The van der Waals surface area contributed by atoms with E-state index in [0.717, 1.165) is 11.6 Å². The van der Waals surface area contributed by atoms with Crippen molar-refractivity contribution < 1.29 is 13.3 Å². The monoisotopic (exact) mass is 330 g/mol. The number of benzene rings is 1. The van der Waals surface area contributed by atoms with Crippen LogP contribution in [0, 0.1) is 0 Å².